The van der Waals surface area contributed by atoms with Crippen molar-refractivity contribution in [1.29, 1.82) is 10.5 Å². The van der Waals surface area contributed by atoms with E-state index in [9.17, 15) is 15.0 Å². The second-order valence-electron chi connectivity index (χ2n) is 37.0. The first-order valence-electron chi connectivity index (χ1n) is 46.3. The highest BCUT2D eigenvalue weighted by molar-refractivity contribution is 6.32. The Balaban J connectivity index is 0.000000302. The molecule has 0 amide bonds. The Morgan fingerprint density at radius 3 is 1.45 bits per heavy atom. The molecule has 9 aromatic carbocycles. The van der Waals surface area contributed by atoms with Crippen LogP contribution in [-0.4, -0.2) is 52.8 Å². The van der Waals surface area contributed by atoms with Gasteiger partial charge in [-0.15, -0.1) is 0 Å². The monoisotopic (exact) mass is 1780 g/mol. The summed E-state index contributed by atoms with van der Waals surface area (Å²) in [5.41, 5.74) is 27.1. The predicted molar refractivity (Wildman–Crippen MR) is 558 cm³/mol. The number of fused-ring (bicyclic) bond motifs is 2. The van der Waals surface area contributed by atoms with Crippen LogP contribution in [0.3, 0.4) is 0 Å². The van der Waals surface area contributed by atoms with Crippen LogP contribution in [0.25, 0.3) is 32.9 Å². The second kappa shape index (κ2) is 57.1. The van der Waals surface area contributed by atoms with Gasteiger partial charge in [0.2, 0.25) is 0 Å². The van der Waals surface area contributed by atoms with Crippen LogP contribution in [0.5, 0.6) is 17.2 Å². The number of Topliss-reactive ketones (excluding diaryl/α,β-unsaturated/α-hetero) is 1. The highest BCUT2D eigenvalue weighted by atomic mass is 35.5. The molecule has 0 saturated carbocycles. The quantitative estimate of drug-likeness (QED) is 0.0834. The number of para-hydroxylation sites is 1. The number of ketones is 1. The maximum atomic E-state index is 11.0. The average molecular weight is 1780 g/mol. The molecule has 131 heavy (non-hydrogen) atoms. The number of carbonyl (C=O) groups excluding carboxylic acids is 1. The van der Waals surface area contributed by atoms with Gasteiger partial charge < -0.3 is 19.5 Å². The summed E-state index contributed by atoms with van der Waals surface area (Å²) in [6, 6.07) is 81.4. The number of benzene rings is 9. The molecule has 0 saturated heterocycles. The molecule has 0 radical (unpaired) electrons. The fourth-order valence-corrected chi connectivity index (χ4v) is 13.8. The number of methoxy groups -OCH3 is 1. The Morgan fingerprint density at radius 2 is 0.939 bits per heavy atom. The lowest BCUT2D eigenvalue weighted by Crippen LogP contribution is -1.95. The van der Waals surface area contributed by atoms with Crippen molar-refractivity contribution in [3.05, 3.63) is 373 Å². The number of nitriles is 2. The number of aryl methyl sites for hydroxylation is 5. The summed E-state index contributed by atoms with van der Waals surface area (Å²) in [4.78, 5) is 23.7. The van der Waals surface area contributed by atoms with Gasteiger partial charge in [-0.2, -0.15) is 15.6 Å². The average Bonchev–Trinajstić information content (AvgIpc) is 1.68. The van der Waals surface area contributed by atoms with E-state index in [1.165, 1.54) is 94.3 Å². The number of hydrogen-bond acceptors (Lipinski definition) is 10. The minimum Gasteiger partial charge on any atom is -0.508 e. The maximum absolute atomic E-state index is 11.0. The molecular weight excluding hydrogens is 1630 g/mol. The van der Waals surface area contributed by atoms with Gasteiger partial charge in [0, 0.05) is 54.2 Å². The van der Waals surface area contributed by atoms with Crippen molar-refractivity contribution < 1.29 is 19.7 Å². The first kappa shape index (κ1) is 111. The molecule has 0 aliphatic carbocycles. The van der Waals surface area contributed by atoms with E-state index >= 15 is 0 Å². The number of aromatic hydroxyl groups is 2. The van der Waals surface area contributed by atoms with Crippen molar-refractivity contribution in [2.45, 2.75) is 272 Å². The molecule has 0 unspecified atom stereocenters. The first-order valence-corrected chi connectivity index (χ1v) is 46.7. The zero-order chi connectivity index (χ0) is 97.9. The molecule has 0 aliphatic rings. The lowest BCUT2D eigenvalue weighted by molar-refractivity contribution is 0.101. The van der Waals surface area contributed by atoms with Gasteiger partial charge in [-0.1, -0.05) is 352 Å². The third kappa shape index (κ3) is 38.4. The van der Waals surface area contributed by atoms with E-state index < -0.39 is 0 Å². The first-order chi connectivity index (χ1) is 61.9. The smallest absolute Gasteiger partial charge is 0.159 e. The van der Waals surface area contributed by atoms with E-state index in [1.807, 2.05) is 117 Å². The Hall–Kier alpha value is -12.2. The van der Waals surface area contributed by atoms with Crippen LogP contribution in [0.2, 0.25) is 5.02 Å². The number of nitrogens with one attached hydrogen (secondary N) is 1. The molecule has 14 rings (SSSR count). The maximum Gasteiger partial charge on any atom is 0.159 e. The number of ether oxygens (including phenoxy) is 1. The SMILES string of the molecule is CC(=O)c1cccc(C(C)C)c1.CC(C)c1cc(-c2ccccc2)ccn1.CC(C)c1ccc(C#N)nc1.CC(C)c1ccc(Cl)c(O)c1.CC(C)c1ccc2cccnc2c1.CC(C)c1cccc2ccn(C)c12.CC(C)c1ccccc1C#N.CC(C)c1cn[nH]c1C(C)C.COc1ccc(C)cc1C(C)C.Cc1cc(C)cc(C(C)C)c1.Cc1ccc(C(C)C)cc1O. The number of pyridine rings is 3. The number of hydrogen-bond donors (Lipinski definition) is 3. The van der Waals surface area contributed by atoms with E-state index in [4.69, 9.17) is 26.9 Å². The summed E-state index contributed by atoms with van der Waals surface area (Å²) in [5.74, 6) is 7.97. The second-order valence-corrected chi connectivity index (χ2v) is 37.4. The number of nitrogens with zero attached hydrogens (tertiary/aromatic N) is 7. The zero-order valence-corrected chi connectivity index (χ0v) is 85.2. The number of rotatable bonds is 15. The number of aromatic amines is 1. The standard InChI is InChI=1S/C14H15N.C12H15N.C12H13N.C11H16O.C11H14O.C11H16.C10H11N.C10H14O.C9H11ClO.C9H16N2.C9H10N2/c1-11(2)14-10-13(8-9-15-14)12-6-4-3-5-7-12;1-9(2)11-6-4-5-10-7-8-13(3)12(10)11;1-9(2)11-6-5-10-4-3-7-13-12(10)8-11;1-8(2)10-7-9(3)5-6-11(10)12-4;1-8(2)10-5-4-6-11(7-10)9(3)12;1-8(2)11-6-9(3)5-10(4)7-11;1-8(2)10-6-4-3-5-9(10)7-11;1-7(2)9-5-4-8(3)10(11)6-9;1-6(2)7-3-4-8(10)9(11)5-7;1-6(2)8-5-10-11-9(8)7(3)4;1-7(2)8-3-4-9(5-10)11-6-8/h3-11H,1-2H3;4-9H,1-3H3;3-9H,1-2H3;5-8H,1-4H3;4-8H,1-3H3;5-8H,1-4H3;3-6,8H,1-2H3;4-7,11H,1-3H3;3-6,11H,1-2H3;5-7H,1-4H3,(H,10,11);3-4,6-7H,1-2H3. The molecule has 5 aromatic heterocycles. The lowest BCUT2D eigenvalue weighted by atomic mass is 9.98. The van der Waals surface area contributed by atoms with E-state index in [0.717, 1.165) is 44.8 Å². The Morgan fingerprint density at radius 1 is 0.405 bits per heavy atom. The minimum atomic E-state index is 0.137. The topological polar surface area (TPSA) is 187 Å². The largest absolute Gasteiger partial charge is 0.508 e. The summed E-state index contributed by atoms with van der Waals surface area (Å²) >= 11 is 5.64. The molecule has 0 spiro atoms. The van der Waals surface area contributed by atoms with Gasteiger partial charge in [0.15, 0.2) is 5.78 Å². The molecule has 694 valence electrons. The lowest BCUT2D eigenvalue weighted by Gasteiger charge is -2.11. The number of phenolic OH excluding ortho intramolecular Hbond substituents is 2. The van der Waals surface area contributed by atoms with Crippen LogP contribution in [0, 0.1) is 50.4 Å². The summed E-state index contributed by atoms with van der Waals surface area (Å²) in [6.07, 6.45) is 9.53. The van der Waals surface area contributed by atoms with E-state index in [0.29, 0.717) is 87.5 Å². The molecule has 13 heteroatoms. The van der Waals surface area contributed by atoms with E-state index in [1.54, 1.807) is 38.4 Å². The Kier molecular flexibility index (Phi) is 48.4. The van der Waals surface area contributed by atoms with Crippen LogP contribution in [-0.2, 0) is 7.05 Å². The van der Waals surface area contributed by atoms with Crippen molar-refractivity contribution in [1.82, 2.24) is 29.7 Å². The summed E-state index contributed by atoms with van der Waals surface area (Å²) in [5, 5.41) is 45.8. The van der Waals surface area contributed by atoms with Crippen LogP contribution in [0.1, 0.15) is 355 Å². The highest BCUT2D eigenvalue weighted by Gasteiger charge is 2.14. The van der Waals surface area contributed by atoms with E-state index in [2.05, 4.69) is 363 Å². The molecule has 5 heterocycles. The third-order valence-corrected chi connectivity index (χ3v) is 22.2. The van der Waals surface area contributed by atoms with Crippen molar-refractivity contribution in [3.63, 3.8) is 0 Å². The fraction of sp³-hybridized carbons (Fsp3) is 0.364. The van der Waals surface area contributed by atoms with Gasteiger partial charge in [0.05, 0.1) is 41.0 Å². The molecule has 0 atom stereocenters. The van der Waals surface area contributed by atoms with Crippen LogP contribution in [0.15, 0.2) is 262 Å². The van der Waals surface area contributed by atoms with Crippen molar-refractivity contribution in [2.75, 3.05) is 7.11 Å². The number of halogens is 1. The fourth-order valence-electron chi connectivity index (χ4n) is 13.7. The molecule has 0 aliphatic heterocycles. The van der Waals surface area contributed by atoms with Crippen molar-refractivity contribution >= 4 is 39.2 Å². The third-order valence-electron chi connectivity index (χ3n) is 21.9. The molecule has 0 fully saturated rings. The van der Waals surface area contributed by atoms with Gasteiger partial charge >= 0.3 is 0 Å². The Bertz CT molecular complexity index is 5720. The minimum absolute atomic E-state index is 0.137. The molecule has 12 nitrogen and oxygen atoms in total. The summed E-state index contributed by atoms with van der Waals surface area (Å²) < 4.78 is 7.46. The van der Waals surface area contributed by atoms with Gasteiger partial charge in [-0.25, -0.2) is 4.98 Å². The van der Waals surface area contributed by atoms with Crippen LogP contribution in [0.4, 0.5) is 0 Å². The summed E-state index contributed by atoms with van der Waals surface area (Å²) in [7, 11) is 3.82. The molecule has 0 bridgehead atoms. The van der Waals surface area contributed by atoms with Crippen LogP contribution < -0.4 is 4.74 Å². The number of carbonyl (C=O) groups is 1. The molecule has 3 N–H and O–H groups in total. The van der Waals surface area contributed by atoms with Crippen molar-refractivity contribution in [3.8, 4) is 40.5 Å². The van der Waals surface area contributed by atoms with E-state index in [-0.39, 0.29) is 11.5 Å². The van der Waals surface area contributed by atoms with Crippen LogP contribution >= 0.6 is 11.6 Å². The predicted octanol–water partition coefficient (Wildman–Crippen LogP) is 33.5. The van der Waals surface area contributed by atoms with Gasteiger partial charge in [-0.3, -0.25) is 19.9 Å². The van der Waals surface area contributed by atoms with Gasteiger partial charge in [0.25, 0.3) is 0 Å². The van der Waals surface area contributed by atoms with Gasteiger partial charge in [-0.05, 0) is 256 Å². The number of H-pyrrole nitrogens is 1. The summed E-state index contributed by atoms with van der Waals surface area (Å²) in [6.45, 7) is 61.7. The number of aromatic nitrogens is 6. The number of phenols is 2. The molecule has 14 aromatic rings. The molecular formula is C118H151ClN8O4. The zero-order valence-electron chi connectivity index (χ0n) is 84.5. The van der Waals surface area contributed by atoms with Crippen molar-refractivity contribution in [2.24, 2.45) is 7.05 Å². The Labute approximate surface area is 793 Å². The normalized spacial score (nSPS) is 10.6. The highest BCUT2D eigenvalue weighted by Crippen LogP contribution is 2.32. The van der Waals surface area contributed by atoms with Gasteiger partial charge in [0.1, 0.15) is 29.0 Å².